The van der Waals surface area contributed by atoms with Gasteiger partial charge in [-0.2, -0.15) is 10.2 Å². The second kappa shape index (κ2) is 4.32. The number of nitrogens with zero attached hydrogens (tertiary/aromatic N) is 4. The van der Waals surface area contributed by atoms with Crippen LogP contribution in [0.5, 0.6) is 0 Å². The summed E-state index contributed by atoms with van der Waals surface area (Å²) >= 11 is 0. The highest BCUT2D eigenvalue weighted by Gasteiger charge is 2.27. The van der Waals surface area contributed by atoms with Crippen LogP contribution in [-0.2, 0) is 4.79 Å². The van der Waals surface area contributed by atoms with Crippen LogP contribution in [-0.4, -0.2) is 35.9 Å². The molecular weight excluding hydrogens is 204 g/mol. The molecule has 16 heavy (non-hydrogen) atoms. The van der Waals surface area contributed by atoms with Crippen LogP contribution >= 0.6 is 0 Å². The summed E-state index contributed by atoms with van der Waals surface area (Å²) < 4.78 is 0. The molecule has 1 aromatic heterocycles. The van der Waals surface area contributed by atoms with Gasteiger partial charge in [-0.05, 0) is 31.8 Å². The Labute approximate surface area is 93.5 Å². The molecule has 82 valence electrons. The van der Waals surface area contributed by atoms with Gasteiger partial charge in [-0.25, -0.2) is 0 Å². The molecule has 0 aromatic carbocycles. The number of rotatable bonds is 2. The average molecular weight is 216 g/mol. The molecule has 0 bridgehead atoms. The summed E-state index contributed by atoms with van der Waals surface area (Å²) in [6.45, 7) is 0. The Bertz CT molecular complexity index is 450. The number of carbonyl (C=O) groups excluding carboxylic acids is 1. The number of likely N-dealkylation sites (N-methyl/N-ethyl adjacent to an activating group) is 1. The number of aromatic nitrogens is 1. The molecule has 1 aliphatic rings. The Hall–Kier alpha value is -1.88. The van der Waals surface area contributed by atoms with Crippen molar-refractivity contribution < 1.29 is 4.79 Å². The molecule has 1 aromatic rings. The molecule has 0 saturated heterocycles. The van der Waals surface area contributed by atoms with Gasteiger partial charge in [0.25, 0.3) is 0 Å². The van der Waals surface area contributed by atoms with Gasteiger partial charge in [0.05, 0.1) is 6.20 Å². The summed E-state index contributed by atoms with van der Waals surface area (Å²) in [4.78, 5) is 17.7. The largest absolute Gasteiger partial charge is 0.290 e. The number of hydrogen-bond donors (Lipinski definition) is 0. The van der Waals surface area contributed by atoms with Crippen LogP contribution in [0, 0.1) is 0 Å². The van der Waals surface area contributed by atoms with Gasteiger partial charge >= 0.3 is 0 Å². The molecule has 0 fully saturated rings. The first-order valence-corrected chi connectivity index (χ1v) is 4.91. The Morgan fingerprint density at radius 1 is 1.25 bits per heavy atom. The first kappa shape index (κ1) is 10.6. The smallest absolute Gasteiger partial charge is 0.206 e. The number of hydrogen-bond acceptors (Lipinski definition) is 5. The van der Waals surface area contributed by atoms with E-state index in [1.807, 2.05) is 0 Å². The lowest BCUT2D eigenvalue weighted by Crippen LogP contribution is -2.35. The van der Waals surface area contributed by atoms with Gasteiger partial charge in [-0.15, -0.1) is 0 Å². The normalized spacial score (nSPS) is 20.1. The fraction of sp³-hybridized carbons (Fsp3) is 0.273. The highest BCUT2D eigenvalue weighted by molar-refractivity contribution is 6.23. The third kappa shape index (κ3) is 1.90. The molecule has 2 heterocycles. The van der Waals surface area contributed by atoms with Gasteiger partial charge in [-0.1, -0.05) is 0 Å². The van der Waals surface area contributed by atoms with E-state index in [9.17, 15) is 4.79 Å². The molecule has 0 radical (unpaired) electrons. The lowest BCUT2D eigenvalue weighted by Gasteiger charge is -2.21. The van der Waals surface area contributed by atoms with Crippen molar-refractivity contribution in [1.29, 1.82) is 0 Å². The fourth-order valence-corrected chi connectivity index (χ4v) is 1.50. The van der Waals surface area contributed by atoms with Crippen LogP contribution in [0.3, 0.4) is 0 Å². The summed E-state index contributed by atoms with van der Waals surface area (Å²) in [5, 5.41) is 7.76. The summed E-state index contributed by atoms with van der Waals surface area (Å²) in [5.41, 5.74) is 1.40. The number of Topliss-reactive ketones (excluding diaryl/α,β-unsaturated/α-hetero) is 1. The molecule has 2 rings (SSSR count). The fourth-order valence-electron chi connectivity index (χ4n) is 1.50. The minimum atomic E-state index is -0.520. The van der Waals surface area contributed by atoms with Gasteiger partial charge in [-0.3, -0.25) is 14.7 Å². The molecule has 1 atom stereocenters. The molecule has 1 unspecified atom stereocenters. The molecular formula is C11H12N4O. The Morgan fingerprint density at radius 2 is 1.94 bits per heavy atom. The maximum atomic E-state index is 12.1. The van der Waals surface area contributed by atoms with E-state index in [2.05, 4.69) is 15.2 Å². The number of pyridine rings is 1. The molecule has 0 N–H and O–H groups in total. The molecule has 0 spiro atoms. The number of azo groups is 1. The summed E-state index contributed by atoms with van der Waals surface area (Å²) in [6.07, 6.45) is 4.28. The van der Waals surface area contributed by atoms with Crippen LogP contribution in [0.25, 0.3) is 5.57 Å². The first-order valence-electron chi connectivity index (χ1n) is 4.91. The van der Waals surface area contributed by atoms with E-state index in [-0.39, 0.29) is 5.78 Å². The quantitative estimate of drug-likeness (QED) is 0.749. The standard InChI is InChI=1S/C11H12N4O/c1-15(2)11-10(16)9(7-13-14-11)8-3-5-12-6-4-8/h3-7,11H,1-2H3. The van der Waals surface area contributed by atoms with Crippen LogP contribution in [0.15, 0.2) is 41.0 Å². The zero-order chi connectivity index (χ0) is 11.5. The van der Waals surface area contributed by atoms with E-state index < -0.39 is 6.17 Å². The summed E-state index contributed by atoms with van der Waals surface area (Å²) in [7, 11) is 3.61. The molecule has 5 nitrogen and oxygen atoms in total. The van der Waals surface area contributed by atoms with E-state index in [1.54, 1.807) is 43.5 Å². The van der Waals surface area contributed by atoms with Gasteiger partial charge in [0.2, 0.25) is 5.78 Å². The topological polar surface area (TPSA) is 57.9 Å². The molecule has 1 aliphatic heterocycles. The SMILES string of the molecule is CN(C)C1N=NC=C(c2ccncc2)C1=O. The van der Waals surface area contributed by atoms with Crippen molar-refractivity contribution >= 4 is 11.4 Å². The molecule has 0 aliphatic carbocycles. The van der Waals surface area contributed by atoms with Crippen LogP contribution < -0.4 is 0 Å². The van der Waals surface area contributed by atoms with E-state index in [4.69, 9.17) is 0 Å². The van der Waals surface area contributed by atoms with Crippen molar-refractivity contribution in [2.24, 2.45) is 10.2 Å². The average Bonchev–Trinajstić information content (AvgIpc) is 2.30. The minimum Gasteiger partial charge on any atom is -0.290 e. The number of carbonyl (C=O) groups is 1. The minimum absolute atomic E-state index is 0.0359. The van der Waals surface area contributed by atoms with E-state index in [0.29, 0.717) is 5.57 Å². The second-order valence-electron chi connectivity index (χ2n) is 3.71. The third-order valence-electron chi connectivity index (χ3n) is 2.34. The van der Waals surface area contributed by atoms with Gasteiger partial charge in [0.15, 0.2) is 6.17 Å². The van der Waals surface area contributed by atoms with Gasteiger partial charge < -0.3 is 0 Å². The summed E-state index contributed by atoms with van der Waals surface area (Å²) in [5.74, 6) is -0.0359. The Balaban J connectivity index is 2.34. The van der Waals surface area contributed by atoms with Crippen molar-refractivity contribution in [3.63, 3.8) is 0 Å². The predicted molar refractivity (Wildman–Crippen MR) is 59.6 cm³/mol. The van der Waals surface area contributed by atoms with Crippen LogP contribution in [0.2, 0.25) is 0 Å². The monoisotopic (exact) mass is 216 g/mol. The molecule has 5 heteroatoms. The maximum Gasteiger partial charge on any atom is 0.206 e. The Kier molecular flexibility index (Phi) is 2.87. The van der Waals surface area contributed by atoms with Crippen LogP contribution in [0.4, 0.5) is 0 Å². The second-order valence-corrected chi connectivity index (χ2v) is 3.71. The molecule has 0 amide bonds. The lowest BCUT2D eigenvalue weighted by molar-refractivity contribution is -0.118. The Morgan fingerprint density at radius 3 is 2.56 bits per heavy atom. The number of ketones is 1. The van der Waals surface area contributed by atoms with Crippen molar-refractivity contribution in [3.05, 3.63) is 36.3 Å². The van der Waals surface area contributed by atoms with Gasteiger partial charge in [0.1, 0.15) is 0 Å². The van der Waals surface area contributed by atoms with Crippen molar-refractivity contribution in [2.45, 2.75) is 6.17 Å². The third-order valence-corrected chi connectivity index (χ3v) is 2.34. The van der Waals surface area contributed by atoms with Crippen LogP contribution in [0.1, 0.15) is 5.56 Å². The first-order chi connectivity index (χ1) is 7.70. The van der Waals surface area contributed by atoms with Crippen molar-refractivity contribution in [1.82, 2.24) is 9.88 Å². The van der Waals surface area contributed by atoms with Crippen molar-refractivity contribution in [3.8, 4) is 0 Å². The highest BCUT2D eigenvalue weighted by atomic mass is 16.1. The van der Waals surface area contributed by atoms with Crippen molar-refractivity contribution in [2.75, 3.05) is 14.1 Å². The van der Waals surface area contributed by atoms with Gasteiger partial charge in [0, 0.05) is 18.0 Å². The lowest BCUT2D eigenvalue weighted by atomic mass is 10.0. The zero-order valence-corrected chi connectivity index (χ0v) is 9.16. The zero-order valence-electron chi connectivity index (χ0n) is 9.16. The highest BCUT2D eigenvalue weighted by Crippen LogP contribution is 2.21. The van der Waals surface area contributed by atoms with E-state index in [1.165, 1.54) is 6.20 Å². The van der Waals surface area contributed by atoms with E-state index >= 15 is 0 Å². The maximum absolute atomic E-state index is 12.1. The predicted octanol–water partition coefficient (Wildman–Crippen LogP) is 1.35. The summed E-state index contributed by atoms with van der Waals surface area (Å²) in [6, 6.07) is 3.58. The van der Waals surface area contributed by atoms with E-state index in [0.717, 1.165) is 5.56 Å². The molecule has 0 saturated carbocycles.